The molecule has 0 spiro atoms. The Morgan fingerprint density at radius 2 is 2.33 bits per heavy atom. The number of hydrogen-bond acceptors (Lipinski definition) is 4. The average Bonchev–Trinajstić information content (AvgIpc) is 2.91. The van der Waals surface area contributed by atoms with Gasteiger partial charge in [0.15, 0.2) is 4.34 Å². The number of hydrogen-bond donors (Lipinski definition) is 1. The summed E-state index contributed by atoms with van der Waals surface area (Å²) in [5.41, 5.74) is 3.67. The maximum Gasteiger partial charge on any atom is 0.230 e. The second kappa shape index (κ2) is 6.62. The average molecular weight is 318 g/mol. The fourth-order valence-corrected chi connectivity index (χ4v) is 4.33. The molecule has 0 saturated carbocycles. The third kappa shape index (κ3) is 3.66. The fraction of sp³-hybridized carbons (Fsp3) is 0.375. The van der Waals surface area contributed by atoms with E-state index in [1.807, 2.05) is 12.3 Å². The maximum atomic E-state index is 12.1. The van der Waals surface area contributed by atoms with Gasteiger partial charge < -0.3 is 5.32 Å². The molecule has 3 rings (SSSR count). The normalized spacial score (nSPS) is 17.3. The highest BCUT2D eigenvalue weighted by molar-refractivity contribution is 8.01. The highest BCUT2D eigenvalue weighted by Crippen LogP contribution is 2.29. The molecule has 2 aromatic rings. The first-order valence-corrected chi connectivity index (χ1v) is 9.01. The van der Waals surface area contributed by atoms with Gasteiger partial charge in [-0.15, -0.1) is 11.3 Å². The predicted molar refractivity (Wildman–Crippen MR) is 87.8 cm³/mol. The third-order valence-corrected chi connectivity index (χ3v) is 5.77. The zero-order valence-corrected chi connectivity index (χ0v) is 13.6. The van der Waals surface area contributed by atoms with Crippen molar-refractivity contribution in [3.8, 4) is 0 Å². The van der Waals surface area contributed by atoms with Crippen LogP contribution in [0.3, 0.4) is 0 Å². The van der Waals surface area contributed by atoms with Gasteiger partial charge in [-0.25, -0.2) is 4.98 Å². The topological polar surface area (TPSA) is 42.0 Å². The number of nitrogens with zero attached hydrogens (tertiary/aromatic N) is 1. The summed E-state index contributed by atoms with van der Waals surface area (Å²) < 4.78 is 0.965. The van der Waals surface area contributed by atoms with E-state index in [4.69, 9.17) is 0 Å². The van der Waals surface area contributed by atoms with Crippen LogP contribution in [-0.2, 0) is 11.2 Å². The predicted octanol–water partition coefficient (Wildman–Crippen LogP) is 3.74. The molecule has 0 aliphatic heterocycles. The van der Waals surface area contributed by atoms with Gasteiger partial charge >= 0.3 is 0 Å². The van der Waals surface area contributed by atoms with E-state index < -0.39 is 0 Å². The van der Waals surface area contributed by atoms with Crippen molar-refractivity contribution in [1.82, 2.24) is 10.3 Å². The number of benzene rings is 1. The lowest BCUT2D eigenvalue weighted by molar-refractivity contribution is -0.119. The Morgan fingerprint density at radius 3 is 3.14 bits per heavy atom. The van der Waals surface area contributed by atoms with E-state index in [-0.39, 0.29) is 11.9 Å². The van der Waals surface area contributed by atoms with Crippen LogP contribution in [0.15, 0.2) is 34.0 Å². The summed E-state index contributed by atoms with van der Waals surface area (Å²) in [6.45, 7) is 1.97. The van der Waals surface area contributed by atoms with Gasteiger partial charge in [0.25, 0.3) is 0 Å². The molecule has 0 saturated heterocycles. The smallest absolute Gasteiger partial charge is 0.230 e. The van der Waals surface area contributed by atoms with E-state index in [1.54, 1.807) is 11.3 Å². The number of rotatable bonds is 4. The Morgan fingerprint density at radius 1 is 1.48 bits per heavy atom. The van der Waals surface area contributed by atoms with Crippen molar-refractivity contribution < 1.29 is 4.79 Å². The first-order valence-electron chi connectivity index (χ1n) is 7.14. The van der Waals surface area contributed by atoms with Crippen LogP contribution >= 0.6 is 23.1 Å². The molecule has 1 aliphatic rings. The molecular weight excluding hydrogens is 300 g/mol. The molecule has 5 heteroatoms. The van der Waals surface area contributed by atoms with E-state index in [2.05, 4.69) is 34.6 Å². The number of thioether (sulfide) groups is 1. The summed E-state index contributed by atoms with van der Waals surface area (Å²) in [7, 11) is 0. The number of carbonyl (C=O) groups is 1. The Hall–Kier alpha value is -1.33. The molecule has 1 unspecified atom stereocenters. The van der Waals surface area contributed by atoms with Crippen LogP contribution in [0.25, 0.3) is 0 Å². The van der Waals surface area contributed by atoms with Gasteiger partial charge in [0.05, 0.1) is 11.8 Å². The van der Waals surface area contributed by atoms with Crippen LogP contribution in [0, 0.1) is 6.92 Å². The summed E-state index contributed by atoms with van der Waals surface area (Å²) in [5, 5.41) is 5.18. The number of thiazole rings is 1. The van der Waals surface area contributed by atoms with Crippen LogP contribution in [0.1, 0.15) is 35.7 Å². The standard InChI is InChI=1S/C16H18N2OS2/c1-11-9-20-16(17-11)21-10-15(19)18-14-8-4-6-12-5-2-3-7-13(12)14/h2-3,5,7,9,14H,4,6,8,10H2,1H3,(H,18,19). The van der Waals surface area contributed by atoms with Crippen LogP contribution in [-0.4, -0.2) is 16.6 Å². The minimum Gasteiger partial charge on any atom is -0.349 e. The van der Waals surface area contributed by atoms with Crippen molar-refractivity contribution in [3.05, 3.63) is 46.5 Å². The van der Waals surface area contributed by atoms with Gasteiger partial charge in [-0.1, -0.05) is 36.0 Å². The molecule has 1 N–H and O–H groups in total. The molecule has 0 radical (unpaired) electrons. The third-order valence-electron chi connectivity index (χ3n) is 3.63. The molecule has 1 amide bonds. The Kier molecular flexibility index (Phi) is 4.60. The van der Waals surface area contributed by atoms with Crippen LogP contribution in [0.2, 0.25) is 0 Å². The zero-order valence-electron chi connectivity index (χ0n) is 12.0. The zero-order chi connectivity index (χ0) is 14.7. The minimum atomic E-state index is 0.0922. The van der Waals surface area contributed by atoms with E-state index in [9.17, 15) is 4.79 Å². The second-order valence-corrected chi connectivity index (χ2v) is 7.34. The van der Waals surface area contributed by atoms with Crippen LogP contribution < -0.4 is 5.32 Å². The lowest BCUT2D eigenvalue weighted by atomic mass is 9.88. The van der Waals surface area contributed by atoms with Crippen LogP contribution in [0.4, 0.5) is 0 Å². The summed E-state index contributed by atoms with van der Waals surface area (Å²) in [4.78, 5) is 16.5. The molecule has 0 fully saturated rings. The highest BCUT2D eigenvalue weighted by atomic mass is 32.2. The summed E-state index contributed by atoms with van der Waals surface area (Å²) in [6, 6.07) is 8.60. The fourth-order valence-electron chi connectivity index (χ4n) is 2.67. The maximum absolute atomic E-state index is 12.1. The van der Waals surface area contributed by atoms with Crippen molar-refractivity contribution in [1.29, 1.82) is 0 Å². The number of amides is 1. The molecule has 110 valence electrons. The second-order valence-electron chi connectivity index (χ2n) is 5.25. The molecule has 3 nitrogen and oxygen atoms in total. The summed E-state index contributed by atoms with van der Waals surface area (Å²) in [5.74, 6) is 0.528. The Balaban J connectivity index is 1.58. The monoisotopic (exact) mass is 318 g/mol. The summed E-state index contributed by atoms with van der Waals surface area (Å²) in [6.07, 6.45) is 3.29. The van der Waals surface area contributed by atoms with Gasteiger partial charge in [-0.3, -0.25) is 4.79 Å². The largest absolute Gasteiger partial charge is 0.349 e. The lowest BCUT2D eigenvalue weighted by Crippen LogP contribution is -2.32. The van der Waals surface area contributed by atoms with E-state index in [0.29, 0.717) is 5.75 Å². The summed E-state index contributed by atoms with van der Waals surface area (Å²) >= 11 is 3.11. The molecule has 1 aromatic carbocycles. The lowest BCUT2D eigenvalue weighted by Gasteiger charge is -2.26. The number of aryl methyl sites for hydroxylation is 2. The van der Waals surface area contributed by atoms with Crippen LogP contribution in [0.5, 0.6) is 0 Å². The molecule has 1 aliphatic carbocycles. The first kappa shape index (κ1) is 14.6. The van der Waals surface area contributed by atoms with Crippen molar-refractivity contribution in [2.24, 2.45) is 0 Å². The molecule has 1 heterocycles. The van der Waals surface area contributed by atoms with E-state index in [0.717, 1.165) is 29.3 Å². The molecular formula is C16H18N2OS2. The van der Waals surface area contributed by atoms with Crippen molar-refractivity contribution in [2.75, 3.05) is 5.75 Å². The highest BCUT2D eigenvalue weighted by Gasteiger charge is 2.21. The van der Waals surface area contributed by atoms with Gasteiger partial charge in [-0.2, -0.15) is 0 Å². The quantitative estimate of drug-likeness (QED) is 0.873. The first-order chi connectivity index (χ1) is 10.2. The molecule has 21 heavy (non-hydrogen) atoms. The number of aromatic nitrogens is 1. The van der Waals surface area contributed by atoms with Gasteiger partial charge in [0, 0.05) is 11.1 Å². The van der Waals surface area contributed by atoms with E-state index >= 15 is 0 Å². The Labute approximate surface area is 133 Å². The number of nitrogens with one attached hydrogen (secondary N) is 1. The SMILES string of the molecule is Cc1csc(SCC(=O)NC2CCCc3ccccc32)n1. The number of fused-ring (bicyclic) bond motifs is 1. The minimum absolute atomic E-state index is 0.0922. The van der Waals surface area contributed by atoms with Gasteiger partial charge in [0.2, 0.25) is 5.91 Å². The van der Waals surface area contributed by atoms with Gasteiger partial charge in [0.1, 0.15) is 0 Å². The molecule has 0 bridgehead atoms. The van der Waals surface area contributed by atoms with Gasteiger partial charge in [-0.05, 0) is 37.3 Å². The molecule has 1 aromatic heterocycles. The Bertz CT molecular complexity index is 639. The van der Waals surface area contributed by atoms with Crippen molar-refractivity contribution >= 4 is 29.0 Å². The number of carbonyl (C=O) groups excluding carboxylic acids is 1. The van der Waals surface area contributed by atoms with Crippen molar-refractivity contribution in [2.45, 2.75) is 36.6 Å². The molecule has 1 atom stereocenters. The van der Waals surface area contributed by atoms with Crippen molar-refractivity contribution in [3.63, 3.8) is 0 Å². The van der Waals surface area contributed by atoms with E-state index in [1.165, 1.54) is 22.9 Å².